The van der Waals surface area contributed by atoms with E-state index in [-0.39, 0.29) is 22.7 Å². The maximum absolute atomic E-state index is 13.8. The Morgan fingerprint density at radius 2 is 2.11 bits per heavy atom. The van der Waals surface area contributed by atoms with Gasteiger partial charge in [0.25, 0.3) is 6.43 Å². The number of hydrogen-bond acceptors (Lipinski definition) is 1. The fourth-order valence-corrected chi connectivity index (χ4v) is 2.29. The van der Waals surface area contributed by atoms with Crippen molar-refractivity contribution in [3.05, 3.63) is 40.7 Å². The van der Waals surface area contributed by atoms with E-state index in [9.17, 15) is 18.0 Å². The monoisotopic (exact) mass is 289 g/mol. The van der Waals surface area contributed by atoms with Crippen molar-refractivity contribution in [1.82, 2.24) is 4.90 Å². The van der Waals surface area contributed by atoms with E-state index in [1.807, 2.05) is 0 Å². The average molecular weight is 290 g/mol. The zero-order valence-corrected chi connectivity index (χ0v) is 10.6. The molecule has 0 spiro atoms. The Kier molecular flexibility index (Phi) is 4.14. The smallest absolute Gasteiger partial charge is 0.256 e. The molecule has 1 amide bonds. The minimum absolute atomic E-state index is 0.00198. The van der Waals surface area contributed by atoms with E-state index >= 15 is 0 Å². The van der Waals surface area contributed by atoms with Crippen molar-refractivity contribution in [2.75, 3.05) is 6.54 Å². The van der Waals surface area contributed by atoms with Gasteiger partial charge in [-0.15, -0.1) is 0 Å². The molecule has 0 radical (unpaired) electrons. The topological polar surface area (TPSA) is 20.3 Å². The molecule has 0 atom stereocenters. The molecule has 0 bridgehead atoms. The van der Waals surface area contributed by atoms with E-state index in [1.165, 1.54) is 18.2 Å². The molecule has 0 saturated carbocycles. The quantitative estimate of drug-likeness (QED) is 0.831. The molecule has 6 heteroatoms. The number of alkyl halides is 2. The van der Waals surface area contributed by atoms with Gasteiger partial charge in [0.15, 0.2) is 0 Å². The second-order valence-electron chi connectivity index (χ2n) is 4.12. The number of carbonyl (C=O) groups excluding carboxylic acids is 1. The zero-order chi connectivity index (χ0) is 14.0. The third-order valence-corrected chi connectivity index (χ3v) is 3.14. The van der Waals surface area contributed by atoms with Gasteiger partial charge in [0.05, 0.1) is 22.8 Å². The Morgan fingerprint density at radius 1 is 1.37 bits per heavy atom. The molecule has 0 aromatic heterocycles. The van der Waals surface area contributed by atoms with Crippen molar-refractivity contribution in [3.63, 3.8) is 0 Å². The summed E-state index contributed by atoms with van der Waals surface area (Å²) in [4.78, 5) is 12.6. The van der Waals surface area contributed by atoms with Crippen molar-refractivity contribution < 1.29 is 18.0 Å². The van der Waals surface area contributed by atoms with Gasteiger partial charge in [0.2, 0.25) is 5.91 Å². The Balaban J connectivity index is 2.45. The zero-order valence-electron chi connectivity index (χ0n) is 9.88. The number of rotatable bonds is 3. The van der Waals surface area contributed by atoms with Crippen LogP contribution in [0.5, 0.6) is 0 Å². The van der Waals surface area contributed by atoms with E-state index in [0.717, 1.165) is 4.90 Å². The summed E-state index contributed by atoms with van der Waals surface area (Å²) in [6.45, 7) is -0.755. The largest absolute Gasteiger partial charge is 0.306 e. The summed E-state index contributed by atoms with van der Waals surface area (Å²) in [5.41, 5.74) is 0.123. The lowest BCUT2D eigenvalue weighted by Gasteiger charge is -2.29. The number of nitrogens with zero attached hydrogens (tertiary/aromatic N) is 1. The Morgan fingerprint density at radius 3 is 2.74 bits per heavy atom. The first-order valence-corrected chi connectivity index (χ1v) is 6.11. The molecule has 0 saturated heterocycles. The van der Waals surface area contributed by atoms with Crippen molar-refractivity contribution in [3.8, 4) is 0 Å². The second-order valence-corrected chi connectivity index (χ2v) is 4.53. The molecule has 1 aliphatic rings. The van der Waals surface area contributed by atoms with Crippen molar-refractivity contribution in [2.45, 2.75) is 19.3 Å². The molecule has 19 heavy (non-hydrogen) atoms. The lowest BCUT2D eigenvalue weighted by Crippen LogP contribution is -2.35. The van der Waals surface area contributed by atoms with Crippen LogP contribution in [0.3, 0.4) is 0 Å². The van der Waals surface area contributed by atoms with Crippen LogP contribution in [-0.4, -0.2) is 23.8 Å². The normalized spacial score (nSPS) is 15.9. The van der Waals surface area contributed by atoms with Gasteiger partial charge in [-0.3, -0.25) is 4.79 Å². The van der Waals surface area contributed by atoms with Gasteiger partial charge in [-0.05, 0) is 18.6 Å². The molecule has 0 N–H and O–H groups in total. The first-order valence-electron chi connectivity index (χ1n) is 5.73. The van der Waals surface area contributed by atoms with Crippen molar-refractivity contribution in [2.24, 2.45) is 0 Å². The van der Waals surface area contributed by atoms with Gasteiger partial charge in [-0.25, -0.2) is 13.2 Å². The molecule has 0 unspecified atom stereocenters. The molecule has 0 aliphatic carbocycles. The third kappa shape index (κ3) is 2.92. The van der Waals surface area contributed by atoms with Gasteiger partial charge in [-0.1, -0.05) is 23.7 Å². The molecular weight excluding hydrogens is 279 g/mol. The number of allylic oxidation sites excluding steroid dienone is 1. The Bertz CT molecular complexity index is 510. The predicted octanol–water partition coefficient (Wildman–Crippen LogP) is 3.71. The number of hydrogen-bond donors (Lipinski definition) is 0. The van der Waals surface area contributed by atoms with Crippen LogP contribution in [0.15, 0.2) is 24.3 Å². The molecule has 1 aromatic rings. The number of carbonyl (C=O) groups is 1. The lowest BCUT2D eigenvalue weighted by atomic mass is 10.0. The summed E-state index contributed by atoms with van der Waals surface area (Å²) in [7, 11) is 0. The number of benzene rings is 1. The minimum atomic E-state index is -2.68. The molecule has 2 nitrogen and oxygen atoms in total. The highest BCUT2D eigenvalue weighted by atomic mass is 35.5. The summed E-state index contributed by atoms with van der Waals surface area (Å²) in [6, 6.07) is 4.06. The van der Waals surface area contributed by atoms with Gasteiger partial charge in [0.1, 0.15) is 5.82 Å². The van der Waals surface area contributed by atoms with E-state index in [4.69, 9.17) is 11.6 Å². The van der Waals surface area contributed by atoms with Gasteiger partial charge in [-0.2, -0.15) is 0 Å². The van der Waals surface area contributed by atoms with E-state index in [0.29, 0.717) is 6.42 Å². The number of halogens is 4. The van der Waals surface area contributed by atoms with Crippen LogP contribution < -0.4 is 0 Å². The minimum Gasteiger partial charge on any atom is -0.306 e. The summed E-state index contributed by atoms with van der Waals surface area (Å²) >= 11 is 5.91. The fourth-order valence-electron chi connectivity index (χ4n) is 2.03. The van der Waals surface area contributed by atoms with Crippen LogP contribution in [-0.2, 0) is 4.79 Å². The highest BCUT2D eigenvalue weighted by Crippen LogP contribution is 2.32. The van der Waals surface area contributed by atoms with Crippen LogP contribution >= 0.6 is 11.6 Å². The summed E-state index contributed by atoms with van der Waals surface area (Å²) < 4.78 is 38.9. The molecule has 1 aromatic carbocycles. The Labute approximate surface area is 113 Å². The molecule has 1 aliphatic heterocycles. The van der Waals surface area contributed by atoms with Crippen LogP contribution in [0.1, 0.15) is 18.4 Å². The van der Waals surface area contributed by atoms with Crippen LogP contribution in [0.2, 0.25) is 5.02 Å². The van der Waals surface area contributed by atoms with Gasteiger partial charge < -0.3 is 4.90 Å². The van der Waals surface area contributed by atoms with Crippen LogP contribution in [0.25, 0.3) is 5.70 Å². The molecular formula is C13H11ClF3NO. The Hall–Kier alpha value is -1.49. The fraction of sp³-hybridized carbons (Fsp3) is 0.308. The summed E-state index contributed by atoms with van der Waals surface area (Å²) in [5.74, 6) is -1.08. The first-order chi connectivity index (χ1) is 9.00. The number of amides is 1. The molecule has 2 rings (SSSR count). The first kappa shape index (κ1) is 13.9. The van der Waals surface area contributed by atoms with Gasteiger partial charge in [0, 0.05) is 6.42 Å². The highest BCUT2D eigenvalue weighted by Gasteiger charge is 2.28. The SMILES string of the molecule is O=C1CCC=C(c2c(F)cccc2Cl)N1CC(F)F. The lowest BCUT2D eigenvalue weighted by molar-refractivity contribution is -0.129. The highest BCUT2D eigenvalue weighted by molar-refractivity contribution is 6.32. The van der Waals surface area contributed by atoms with Crippen LogP contribution in [0, 0.1) is 5.82 Å². The third-order valence-electron chi connectivity index (χ3n) is 2.83. The predicted molar refractivity (Wildman–Crippen MR) is 66.3 cm³/mol. The maximum atomic E-state index is 13.8. The van der Waals surface area contributed by atoms with E-state index in [2.05, 4.69) is 0 Å². The van der Waals surface area contributed by atoms with Gasteiger partial charge >= 0.3 is 0 Å². The van der Waals surface area contributed by atoms with E-state index < -0.39 is 24.7 Å². The molecule has 0 fully saturated rings. The summed E-state index contributed by atoms with van der Waals surface area (Å²) in [6.07, 6.45) is -0.592. The maximum Gasteiger partial charge on any atom is 0.256 e. The van der Waals surface area contributed by atoms with Crippen molar-refractivity contribution in [1.29, 1.82) is 0 Å². The standard InChI is InChI=1S/C13H11ClF3NO/c14-8-3-1-4-9(15)13(8)10-5-2-6-12(19)18(10)7-11(16)17/h1,3-5,11H,2,6-7H2. The molecule has 102 valence electrons. The van der Waals surface area contributed by atoms with Crippen LogP contribution in [0.4, 0.5) is 13.2 Å². The second kappa shape index (κ2) is 5.65. The van der Waals surface area contributed by atoms with Crippen molar-refractivity contribution >= 4 is 23.2 Å². The molecule has 1 heterocycles. The average Bonchev–Trinajstić information content (AvgIpc) is 2.32. The van der Waals surface area contributed by atoms with E-state index in [1.54, 1.807) is 6.08 Å². The summed E-state index contributed by atoms with van der Waals surface area (Å²) in [5, 5.41) is 0.0974.